The average Bonchev–Trinajstić information content (AvgIpc) is 2.55. The highest BCUT2D eigenvalue weighted by Gasteiger charge is 2.18. The van der Waals surface area contributed by atoms with Crippen LogP contribution in [0, 0.1) is 0 Å². The van der Waals surface area contributed by atoms with E-state index in [4.69, 9.17) is 5.11 Å². The van der Waals surface area contributed by atoms with Crippen molar-refractivity contribution >= 4 is 29.0 Å². The zero-order valence-electron chi connectivity index (χ0n) is 12.9. The number of likely N-dealkylation sites (N-methyl/N-ethyl adjacent to an activating group) is 1. The Morgan fingerprint density at radius 1 is 1.30 bits per heavy atom. The molecule has 7 heteroatoms. The Bertz CT molecular complexity index is 835. The summed E-state index contributed by atoms with van der Waals surface area (Å²) < 4.78 is 1.49. The van der Waals surface area contributed by atoms with Gasteiger partial charge in [-0.15, -0.1) is 0 Å². The molecule has 0 unspecified atom stereocenters. The van der Waals surface area contributed by atoms with Crippen LogP contribution in [0.15, 0.2) is 29.7 Å². The van der Waals surface area contributed by atoms with Crippen LogP contribution in [-0.2, 0) is 0 Å². The lowest BCUT2D eigenvalue weighted by atomic mass is 10.2. The van der Waals surface area contributed by atoms with E-state index in [-0.39, 0.29) is 10.9 Å². The first-order chi connectivity index (χ1) is 11.0. The van der Waals surface area contributed by atoms with E-state index in [1.54, 1.807) is 12.1 Å². The van der Waals surface area contributed by atoms with Crippen molar-refractivity contribution in [2.75, 3.05) is 38.1 Å². The molecule has 0 aromatic carbocycles. The molecule has 23 heavy (non-hydrogen) atoms. The predicted molar refractivity (Wildman–Crippen MR) is 89.1 cm³/mol. The van der Waals surface area contributed by atoms with Crippen LogP contribution >= 0.6 is 0 Å². The Morgan fingerprint density at radius 2 is 2.00 bits per heavy atom. The van der Waals surface area contributed by atoms with E-state index in [0.717, 1.165) is 32.0 Å². The van der Waals surface area contributed by atoms with Gasteiger partial charge in [0.1, 0.15) is 17.0 Å². The number of piperazine rings is 1. The van der Waals surface area contributed by atoms with E-state index in [0.29, 0.717) is 5.65 Å². The van der Waals surface area contributed by atoms with Gasteiger partial charge in [0, 0.05) is 38.6 Å². The van der Waals surface area contributed by atoms with Gasteiger partial charge in [-0.25, -0.2) is 9.78 Å². The molecule has 1 saturated heterocycles. The number of fused-ring (bicyclic) bond motifs is 1. The molecule has 0 amide bonds. The minimum absolute atomic E-state index is 0.280. The number of pyridine rings is 2. The summed E-state index contributed by atoms with van der Waals surface area (Å²) in [6.45, 7) is 7.29. The summed E-state index contributed by atoms with van der Waals surface area (Å²) in [6.07, 6.45) is 2.72. The molecule has 3 heterocycles. The van der Waals surface area contributed by atoms with Gasteiger partial charge in [0.25, 0.3) is 0 Å². The van der Waals surface area contributed by atoms with Gasteiger partial charge in [0.15, 0.2) is 0 Å². The molecule has 0 spiro atoms. The summed E-state index contributed by atoms with van der Waals surface area (Å²) in [5.41, 5.74) is -0.388. The van der Waals surface area contributed by atoms with Crippen LogP contribution in [0.1, 0.15) is 10.4 Å². The largest absolute Gasteiger partial charge is 0.477 e. The third kappa shape index (κ3) is 2.70. The van der Waals surface area contributed by atoms with Gasteiger partial charge in [0.2, 0.25) is 5.43 Å². The lowest BCUT2D eigenvalue weighted by Crippen LogP contribution is -2.44. The molecular formula is C16H18N4O3. The highest BCUT2D eigenvalue weighted by Crippen LogP contribution is 2.18. The van der Waals surface area contributed by atoms with Crippen molar-refractivity contribution in [3.05, 3.63) is 40.7 Å². The smallest absolute Gasteiger partial charge is 0.341 e. The number of hydrogen-bond acceptors (Lipinski definition) is 5. The second-order valence-electron chi connectivity index (χ2n) is 5.60. The summed E-state index contributed by atoms with van der Waals surface area (Å²) in [5.74, 6) is -0.473. The Kier molecular flexibility index (Phi) is 3.87. The molecule has 3 rings (SSSR count). The second-order valence-corrected chi connectivity index (χ2v) is 5.60. The Hall–Kier alpha value is -2.67. The van der Waals surface area contributed by atoms with Crippen LogP contribution < -0.4 is 10.3 Å². The first-order valence-electron chi connectivity index (χ1n) is 7.36. The van der Waals surface area contributed by atoms with Crippen molar-refractivity contribution in [3.8, 4) is 0 Å². The average molecular weight is 314 g/mol. The minimum Gasteiger partial charge on any atom is -0.477 e. The summed E-state index contributed by atoms with van der Waals surface area (Å²) in [6, 6.07) is 3.42. The number of aromatic nitrogens is 2. The topological polar surface area (TPSA) is 78.7 Å². The Balaban J connectivity index is 2.13. The molecule has 0 radical (unpaired) electrons. The molecule has 1 aliphatic rings. The maximum atomic E-state index is 12.3. The van der Waals surface area contributed by atoms with Crippen LogP contribution in [-0.4, -0.2) is 58.8 Å². The highest BCUT2D eigenvalue weighted by atomic mass is 16.4. The molecule has 1 aliphatic heterocycles. The van der Waals surface area contributed by atoms with E-state index in [9.17, 15) is 9.59 Å². The van der Waals surface area contributed by atoms with E-state index in [2.05, 4.69) is 28.4 Å². The molecule has 1 fully saturated rings. The van der Waals surface area contributed by atoms with Gasteiger partial charge in [0.05, 0.1) is 5.39 Å². The first kappa shape index (κ1) is 15.2. The lowest BCUT2D eigenvalue weighted by molar-refractivity contribution is 0.0695. The van der Waals surface area contributed by atoms with E-state index >= 15 is 0 Å². The van der Waals surface area contributed by atoms with Crippen LogP contribution in [0.4, 0.5) is 5.82 Å². The van der Waals surface area contributed by atoms with Crippen LogP contribution in [0.3, 0.4) is 0 Å². The Morgan fingerprint density at radius 3 is 2.61 bits per heavy atom. The summed E-state index contributed by atoms with van der Waals surface area (Å²) in [4.78, 5) is 32.4. The molecule has 0 bridgehead atoms. The number of carbonyl (C=O) groups is 1. The quantitative estimate of drug-likeness (QED) is 0.908. The van der Waals surface area contributed by atoms with Gasteiger partial charge in [-0.1, -0.05) is 6.58 Å². The number of aromatic carboxylic acids is 1. The maximum Gasteiger partial charge on any atom is 0.341 e. The van der Waals surface area contributed by atoms with Gasteiger partial charge >= 0.3 is 5.97 Å². The zero-order valence-corrected chi connectivity index (χ0v) is 12.9. The summed E-state index contributed by atoms with van der Waals surface area (Å²) in [7, 11) is 2.08. The molecule has 0 atom stereocenters. The minimum atomic E-state index is -1.25. The van der Waals surface area contributed by atoms with Crippen molar-refractivity contribution < 1.29 is 9.90 Å². The molecule has 1 N–H and O–H groups in total. The number of nitrogens with zero attached hydrogens (tertiary/aromatic N) is 4. The summed E-state index contributed by atoms with van der Waals surface area (Å²) in [5, 5.41) is 9.43. The fourth-order valence-electron chi connectivity index (χ4n) is 2.72. The number of carboxylic acid groups (broad SMARTS) is 1. The normalized spacial score (nSPS) is 15.8. The van der Waals surface area contributed by atoms with Crippen molar-refractivity contribution in [2.45, 2.75) is 0 Å². The SMILES string of the molecule is C=Cn1cc(C(=O)O)c(=O)c2ccc(N3CCN(C)CC3)nc21. The molecule has 2 aromatic rings. The molecule has 0 saturated carbocycles. The van der Waals surface area contributed by atoms with Crippen molar-refractivity contribution in [1.82, 2.24) is 14.5 Å². The second kappa shape index (κ2) is 5.85. The zero-order chi connectivity index (χ0) is 16.6. The Labute approximate surface area is 133 Å². The van der Waals surface area contributed by atoms with E-state index < -0.39 is 11.4 Å². The maximum absolute atomic E-state index is 12.3. The summed E-state index contributed by atoms with van der Waals surface area (Å²) >= 11 is 0. The standard InChI is InChI=1S/C16H18N4O3/c1-3-19-10-12(16(22)23)14(21)11-4-5-13(17-15(11)19)20-8-6-18(2)7-9-20/h3-5,10H,1,6-9H2,2H3,(H,22,23). The van der Waals surface area contributed by atoms with Gasteiger partial charge in [-0.2, -0.15) is 0 Å². The van der Waals surface area contributed by atoms with Gasteiger partial charge < -0.3 is 19.5 Å². The fraction of sp³-hybridized carbons (Fsp3) is 0.312. The molecule has 120 valence electrons. The van der Waals surface area contributed by atoms with Gasteiger partial charge in [-0.3, -0.25) is 4.79 Å². The number of anilines is 1. The van der Waals surface area contributed by atoms with E-state index in [1.807, 2.05) is 0 Å². The number of carboxylic acids is 1. The van der Waals surface area contributed by atoms with Crippen molar-refractivity contribution in [3.63, 3.8) is 0 Å². The monoisotopic (exact) mass is 314 g/mol. The third-order valence-corrected chi connectivity index (χ3v) is 4.12. The molecule has 7 nitrogen and oxygen atoms in total. The van der Waals surface area contributed by atoms with Crippen molar-refractivity contribution in [1.29, 1.82) is 0 Å². The predicted octanol–water partition coefficient (Wildman–Crippen LogP) is 0.947. The fourth-order valence-corrected chi connectivity index (χ4v) is 2.72. The van der Waals surface area contributed by atoms with Gasteiger partial charge in [-0.05, 0) is 19.2 Å². The number of hydrogen-bond donors (Lipinski definition) is 1. The van der Waals surface area contributed by atoms with Crippen LogP contribution in [0.25, 0.3) is 17.2 Å². The van der Waals surface area contributed by atoms with E-state index in [1.165, 1.54) is 17.0 Å². The first-order valence-corrected chi connectivity index (χ1v) is 7.36. The highest BCUT2D eigenvalue weighted by molar-refractivity contribution is 5.92. The van der Waals surface area contributed by atoms with Crippen molar-refractivity contribution in [2.24, 2.45) is 0 Å². The van der Waals surface area contributed by atoms with Crippen LogP contribution in [0.2, 0.25) is 0 Å². The molecule has 2 aromatic heterocycles. The molecular weight excluding hydrogens is 296 g/mol. The lowest BCUT2D eigenvalue weighted by Gasteiger charge is -2.33. The number of rotatable bonds is 3. The molecule has 0 aliphatic carbocycles. The van der Waals surface area contributed by atoms with Crippen LogP contribution in [0.5, 0.6) is 0 Å². The third-order valence-electron chi connectivity index (χ3n) is 4.12.